The van der Waals surface area contributed by atoms with Gasteiger partial charge in [-0.2, -0.15) is 0 Å². The lowest BCUT2D eigenvalue weighted by Crippen LogP contribution is -2.46. The van der Waals surface area contributed by atoms with E-state index in [2.05, 4.69) is 17.9 Å². The van der Waals surface area contributed by atoms with E-state index in [0.29, 0.717) is 5.41 Å². The van der Waals surface area contributed by atoms with E-state index in [0.717, 1.165) is 19.6 Å². The monoisotopic (exact) mass is 166 g/mol. The summed E-state index contributed by atoms with van der Waals surface area (Å²) in [5, 5.41) is 0. The Kier molecular flexibility index (Phi) is 3.13. The summed E-state index contributed by atoms with van der Waals surface area (Å²) in [5.41, 5.74) is 6.13. The molecule has 1 aliphatic rings. The Labute approximate surface area is 75.1 Å². The zero-order valence-electron chi connectivity index (χ0n) is 7.84. The van der Waals surface area contributed by atoms with Crippen LogP contribution < -0.4 is 5.73 Å². The van der Waals surface area contributed by atoms with Gasteiger partial charge in [-0.3, -0.25) is 4.90 Å². The van der Waals surface area contributed by atoms with Crippen molar-refractivity contribution in [3.05, 3.63) is 0 Å². The molecule has 0 unspecified atom stereocenters. The van der Waals surface area contributed by atoms with Crippen LogP contribution in [-0.4, -0.2) is 31.6 Å². The first-order valence-corrected chi connectivity index (χ1v) is 4.54. The molecule has 0 radical (unpaired) electrons. The van der Waals surface area contributed by atoms with Crippen LogP contribution in [0.15, 0.2) is 0 Å². The van der Waals surface area contributed by atoms with Crippen molar-refractivity contribution in [3.63, 3.8) is 0 Å². The molecular formula is C10H18N2. The molecule has 1 rings (SSSR count). The molecule has 0 saturated heterocycles. The minimum Gasteiger partial charge on any atom is -0.330 e. The van der Waals surface area contributed by atoms with Gasteiger partial charge in [0.25, 0.3) is 0 Å². The summed E-state index contributed by atoms with van der Waals surface area (Å²) in [6.45, 7) is 2.61. The normalized spacial score (nSPS) is 20.2. The van der Waals surface area contributed by atoms with Crippen molar-refractivity contribution in [2.75, 3.05) is 26.7 Å². The lowest BCUT2D eigenvalue weighted by molar-refractivity contribution is 0.0938. The fraction of sp³-hybridized carbons (Fsp3) is 0.800. The maximum Gasteiger partial charge on any atom is 0.0596 e. The SMILES string of the molecule is C#CCN(C)CC1(CN)CCC1. The van der Waals surface area contributed by atoms with E-state index in [-0.39, 0.29) is 0 Å². The number of nitrogens with two attached hydrogens (primary N) is 1. The molecule has 0 aliphatic heterocycles. The Morgan fingerprint density at radius 1 is 1.58 bits per heavy atom. The van der Waals surface area contributed by atoms with E-state index < -0.39 is 0 Å². The summed E-state index contributed by atoms with van der Waals surface area (Å²) < 4.78 is 0. The maximum atomic E-state index is 5.73. The van der Waals surface area contributed by atoms with Crippen LogP contribution in [0.4, 0.5) is 0 Å². The first kappa shape index (κ1) is 9.57. The van der Waals surface area contributed by atoms with Crippen molar-refractivity contribution in [3.8, 4) is 12.3 Å². The van der Waals surface area contributed by atoms with Gasteiger partial charge in [0.05, 0.1) is 6.54 Å². The van der Waals surface area contributed by atoms with Crippen LogP contribution in [0.25, 0.3) is 0 Å². The van der Waals surface area contributed by atoms with Crippen LogP contribution >= 0.6 is 0 Å². The molecule has 0 atom stereocenters. The Morgan fingerprint density at radius 3 is 2.58 bits per heavy atom. The van der Waals surface area contributed by atoms with Gasteiger partial charge in [-0.1, -0.05) is 12.3 Å². The maximum absolute atomic E-state index is 5.73. The fourth-order valence-corrected chi connectivity index (χ4v) is 1.89. The molecule has 0 amide bonds. The van der Waals surface area contributed by atoms with Gasteiger partial charge in [0.2, 0.25) is 0 Å². The minimum absolute atomic E-state index is 0.394. The third kappa shape index (κ3) is 2.00. The van der Waals surface area contributed by atoms with Gasteiger partial charge in [-0.25, -0.2) is 0 Å². The van der Waals surface area contributed by atoms with Gasteiger partial charge in [0.15, 0.2) is 0 Å². The molecule has 12 heavy (non-hydrogen) atoms. The quantitative estimate of drug-likeness (QED) is 0.622. The molecule has 1 saturated carbocycles. The van der Waals surface area contributed by atoms with Gasteiger partial charge in [0, 0.05) is 6.54 Å². The van der Waals surface area contributed by atoms with Crippen molar-refractivity contribution in [1.29, 1.82) is 0 Å². The molecule has 0 bridgehead atoms. The van der Waals surface area contributed by atoms with Crippen molar-refractivity contribution < 1.29 is 0 Å². The molecule has 1 fully saturated rings. The van der Waals surface area contributed by atoms with Crippen LogP contribution in [0.2, 0.25) is 0 Å². The molecular weight excluding hydrogens is 148 g/mol. The van der Waals surface area contributed by atoms with Crippen molar-refractivity contribution in [2.24, 2.45) is 11.1 Å². The average molecular weight is 166 g/mol. The second-order valence-corrected chi connectivity index (χ2v) is 3.93. The standard InChI is InChI=1S/C10H18N2/c1-3-7-12(2)9-10(8-11)5-4-6-10/h1H,4-9,11H2,2H3. The van der Waals surface area contributed by atoms with E-state index in [1.54, 1.807) is 0 Å². The zero-order valence-corrected chi connectivity index (χ0v) is 7.84. The summed E-state index contributed by atoms with van der Waals surface area (Å²) in [6.07, 6.45) is 9.11. The molecule has 0 spiro atoms. The minimum atomic E-state index is 0.394. The van der Waals surface area contributed by atoms with E-state index in [9.17, 15) is 0 Å². The molecule has 0 heterocycles. The highest BCUT2D eigenvalue weighted by Crippen LogP contribution is 2.40. The highest BCUT2D eigenvalue weighted by atomic mass is 15.1. The molecule has 2 nitrogen and oxygen atoms in total. The first-order chi connectivity index (χ1) is 5.72. The fourth-order valence-electron chi connectivity index (χ4n) is 1.89. The van der Waals surface area contributed by atoms with Crippen molar-refractivity contribution >= 4 is 0 Å². The van der Waals surface area contributed by atoms with Crippen LogP contribution in [0.1, 0.15) is 19.3 Å². The summed E-state index contributed by atoms with van der Waals surface area (Å²) >= 11 is 0. The molecule has 2 heteroatoms. The zero-order chi connectivity index (χ0) is 9.03. The van der Waals surface area contributed by atoms with Crippen LogP contribution in [0.5, 0.6) is 0 Å². The Balaban J connectivity index is 2.33. The lowest BCUT2D eigenvalue weighted by Gasteiger charge is -2.43. The van der Waals surface area contributed by atoms with Gasteiger partial charge in [-0.05, 0) is 31.8 Å². The number of nitrogens with zero attached hydrogens (tertiary/aromatic N) is 1. The van der Waals surface area contributed by atoms with Crippen LogP contribution in [0, 0.1) is 17.8 Å². The predicted molar refractivity (Wildman–Crippen MR) is 51.7 cm³/mol. The average Bonchev–Trinajstić information content (AvgIpc) is 1.97. The molecule has 68 valence electrons. The highest BCUT2D eigenvalue weighted by molar-refractivity contribution is 4.94. The van der Waals surface area contributed by atoms with Crippen LogP contribution in [-0.2, 0) is 0 Å². The van der Waals surface area contributed by atoms with Crippen molar-refractivity contribution in [2.45, 2.75) is 19.3 Å². The molecule has 1 aliphatic carbocycles. The van der Waals surface area contributed by atoms with Gasteiger partial charge >= 0.3 is 0 Å². The van der Waals surface area contributed by atoms with Gasteiger partial charge < -0.3 is 5.73 Å². The number of terminal acetylenes is 1. The molecule has 0 aromatic carbocycles. The van der Waals surface area contributed by atoms with E-state index in [1.807, 2.05) is 0 Å². The van der Waals surface area contributed by atoms with E-state index in [1.165, 1.54) is 19.3 Å². The Morgan fingerprint density at radius 2 is 2.25 bits per heavy atom. The number of hydrogen-bond acceptors (Lipinski definition) is 2. The number of rotatable bonds is 4. The third-order valence-electron chi connectivity index (χ3n) is 2.81. The second-order valence-electron chi connectivity index (χ2n) is 3.93. The Bertz CT molecular complexity index is 171. The van der Waals surface area contributed by atoms with Gasteiger partial charge in [-0.15, -0.1) is 6.42 Å². The first-order valence-electron chi connectivity index (χ1n) is 4.54. The summed E-state index contributed by atoms with van der Waals surface area (Å²) in [5.74, 6) is 2.65. The second kappa shape index (κ2) is 3.93. The lowest BCUT2D eigenvalue weighted by atomic mass is 9.68. The Hall–Kier alpha value is -0.520. The largest absolute Gasteiger partial charge is 0.330 e. The highest BCUT2D eigenvalue weighted by Gasteiger charge is 2.36. The molecule has 2 N–H and O–H groups in total. The van der Waals surface area contributed by atoms with Crippen molar-refractivity contribution in [1.82, 2.24) is 4.90 Å². The summed E-state index contributed by atoms with van der Waals surface area (Å²) in [4.78, 5) is 2.19. The van der Waals surface area contributed by atoms with E-state index in [4.69, 9.17) is 12.2 Å². The number of hydrogen-bond donors (Lipinski definition) is 1. The van der Waals surface area contributed by atoms with E-state index >= 15 is 0 Å². The summed E-state index contributed by atoms with van der Waals surface area (Å²) in [6, 6.07) is 0. The summed E-state index contributed by atoms with van der Waals surface area (Å²) in [7, 11) is 2.07. The molecule has 0 aromatic heterocycles. The predicted octanol–water partition coefficient (Wildman–Crippen LogP) is 0.680. The molecule has 0 aromatic rings. The van der Waals surface area contributed by atoms with Crippen LogP contribution in [0.3, 0.4) is 0 Å². The van der Waals surface area contributed by atoms with Gasteiger partial charge in [0.1, 0.15) is 0 Å². The third-order valence-corrected chi connectivity index (χ3v) is 2.81. The smallest absolute Gasteiger partial charge is 0.0596 e. The topological polar surface area (TPSA) is 29.3 Å².